The second-order valence-electron chi connectivity index (χ2n) is 3.25. The van der Waals surface area contributed by atoms with Gasteiger partial charge in [-0.15, -0.1) is 0 Å². The Morgan fingerprint density at radius 3 is 2.67 bits per heavy atom. The van der Waals surface area contributed by atoms with E-state index in [0.29, 0.717) is 0 Å². The van der Waals surface area contributed by atoms with E-state index in [-0.39, 0.29) is 5.91 Å². The molecule has 3 heteroatoms. The lowest BCUT2D eigenvalue weighted by molar-refractivity contribution is -0.122. The van der Waals surface area contributed by atoms with Crippen LogP contribution in [0.4, 0.5) is 5.69 Å². The standard InChI is InChI=1S/C10H11NO2.C2H6/c1-6-3-4-9-8(5-6)11-10(12)7(2)13-9;1-2/h3-5,7H,1-2H3,(H,11,12);1-2H3/t7-;/m0./s1. The molecule has 0 spiro atoms. The smallest absolute Gasteiger partial charge is 0.265 e. The molecule has 1 atom stereocenters. The molecule has 0 unspecified atom stereocenters. The van der Waals surface area contributed by atoms with Crippen molar-refractivity contribution in [3.05, 3.63) is 23.8 Å². The molecule has 0 saturated carbocycles. The third-order valence-electron chi connectivity index (χ3n) is 2.07. The minimum Gasteiger partial charge on any atom is -0.479 e. The van der Waals surface area contributed by atoms with Gasteiger partial charge < -0.3 is 10.1 Å². The first-order valence-electron chi connectivity index (χ1n) is 5.25. The van der Waals surface area contributed by atoms with Crippen LogP contribution in [0.25, 0.3) is 0 Å². The number of anilines is 1. The molecule has 0 aromatic heterocycles. The summed E-state index contributed by atoms with van der Waals surface area (Å²) in [4.78, 5) is 11.2. The third-order valence-corrected chi connectivity index (χ3v) is 2.07. The topological polar surface area (TPSA) is 38.3 Å². The van der Waals surface area contributed by atoms with E-state index >= 15 is 0 Å². The lowest BCUT2D eigenvalue weighted by Crippen LogP contribution is -2.34. The molecule has 82 valence electrons. The van der Waals surface area contributed by atoms with Crippen LogP contribution in [0.5, 0.6) is 5.75 Å². The molecule has 0 saturated heterocycles. The average molecular weight is 207 g/mol. The highest BCUT2D eigenvalue weighted by Crippen LogP contribution is 2.29. The summed E-state index contributed by atoms with van der Waals surface area (Å²) in [5.74, 6) is 0.663. The Morgan fingerprint density at radius 1 is 1.33 bits per heavy atom. The zero-order valence-electron chi connectivity index (χ0n) is 9.63. The van der Waals surface area contributed by atoms with Gasteiger partial charge in [-0.3, -0.25) is 4.79 Å². The molecule has 1 heterocycles. The van der Waals surface area contributed by atoms with Crippen molar-refractivity contribution in [2.75, 3.05) is 5.32 Å². The summed E-state index contributed by atoms with van der Waals surface area (Å²) in [6.07, 6.45) is -0.393. The number of rotatable bonds is 0. The van der Waals surface area contributed by atoms with E-state index in [2.05, 4.69) is 5.32 Å². The predicted octanol–water partition coefficient (Wildman–Crippen LogP) is 2.74. The lowest BCUT2D eigenvalue weighted by atomic mass is 10.1. The van der Waals surface area contributed by atoms with Crippen LogP contribution in [0, 0.1) is 6.92 Å². The van der Waals surface area contributed by atoms with Gasteiger partial charge in [0.1, 0.15) is 5.75 Å². The van der Waals surface area contributed by atoms with Crippen LogP contribution < -0.4 is 10.1 Å². The maximum Gasteiger partial charge on any atom is 0.265 e. The summed E-state index contributed by atoms with van der Waals surface area (Å²) in [5, 5.41) is 2.79. The van der Waals surface area contributed by atoms with Gasteiger partial charge in [-0.25, -0.2) is 0 Å². The Balaban J connectivity index is 0.000000531. The Labute approximate surface area is 90.4 Å². The average Bonchev–Trinajstić information content (AvgIpc) is 2.23. The van der Waals surface area contributed by atoms with Crippen LogP contribution in [-0.4, -0.2) is 12.0 Å². The number of benzene rings is 1. The van der Waals surface area contributed by atoms with Crippen molar-refractivity contribution in [1.82, 2.24) is 0 Å². The maximum absolute atomic E-state index is 11.2. The first-order valence-corrected chi connectivity index (χ1v) is 5.25. The van der Waals surface area contributed by atoms with E-state index in [1.807, 2.05) is 39.0 Å². The molecular weight excluding hydrogens is 190 g/mol. The molecule has 1 aromatic carbocycles. The molecule has 1 amide bonds. The van der Waals surface area contributed by atoms with E-state index in [1.165, 1.54) is 0 Å². The fraction of sp³-hybridized carbons (Fsp3) is 0.417. The zero-order chi connectivity index (χ0) is 11.4. The van der Waals surface area contributed by atoms with Crippen molar-refractivity contribution in [2.24, 2.45) is 0 Å². The van der Waals surface area contributed by atoms with E-state index < -0.39 is 6.10 Å². The minimum absolute atomic E-state index is 0.0851. The highest BCUT2D eigenvalue weighted by molar-refractivity contribution is 5.97. The number of nitrogens with one attached hydrogen (secondary N) is 1. The summed E-state index contributed by atoms with van der Waals surface area (Å²) in [6, 6.07) is 5.74. The molecular formula is C12H17NO2. The van der Waals surface area contributed by atoms with Gasteiger partial charge in [0.2, 0.25) is 0 Å². The minimum atomic E-state index is -0.393. The number of amides is 1. The van der Waals surface area contributed by atoms with Gasteiger partial charge in [0.15, 0.2) is 6.10 Å². The molecule has 3 nitrogen and oxygen atoms in total. The summed E-state index contributed by atoms with van der Waals surface area (Å²) in [7, 11) is 0. The van der Waals surface area contributed by atoms with E-state index in [0.717, 1.165) is 17.0 Å². The van der Waals surface area contributed by atoms with Gasteiger partial charge in [-0.1, -0.05) is 19.9 Å². The Hall–Kier alpha value is -1.51. The molecule has 1 N–H and O–H groups in total. The van der Waals surface area contributed by atoms with Crippen LogP contribution >= 0.6 is 0 Å². The van der Waals surface area contributed by atoms with Crippen molar-refractivity contribution < 1.29 is 9.53 Å². The largest absolute Gasteiger partial charge is 0.479 e. The van der Waals surface area contributed by atoms with E-state index in [9.17, 15) is 4.79 Å². The van der Waals surface area contributed by atoms with Crippen molar-refractivity contribution in [3.8, 4) is 5.75 Å². The number of hydrogen-bond donors (Lipinski definition) is 1. The van der Waals surface area contributed by atoms with Crippen molar-refractivity contribution in [2.45, 2.75) is 33.8 Å². The van der Waals surface area contributed by atoms with Gasteiger partial charge in [0.05, 0.1) is 5.69 Å². The van der Waals surface area contributed by atoms with Crippen LogP contribution in [0.1, 0.15) is 26.3 Å². The molecule has 1 aliphatic rings. The van der Waals surface area contributed by atoms with E-state index in [1.54, 1.807) is 6.92 Å². The first kappa shape index (κ1) is 11.6. The SMILES string of the molecule is CC.Cc1ccc2c(c1)NC(=O)[C@H](C)O2. The molecule has 2 rings (SSSR count). The third kappa shape index (κ3) is 2.49. The monoisotopic (exact) mass is 207 g/mol. The van der Waals surface area contributed by atoms with Crippen molar-refractivity contribution in [3.63, 3.8) is 0 Å². The van der Waals surface area contributed by atoms with Crippen LogP contribution in [0.2, 0.25) is 0 Å². The number of hydrogen-bond acceptors (Lipinski definition) is 2. The van der Waals surface area contributed by atoms with Gasteiger partial charge in [-0.05, 0) is 31.5 Å². The highest BCUT2D eigenvalue weighted by atomic mass is 16.5. The Morgan fingerprint density at radius 2 is 2.00 bits per heavy atom. The van der Waals surface area contributed by atoms with Crippen LogP contribution in [0.3, 0.4) is 0 Å². The number of ether oxygens (including phenoxy) is 1. The maximum atomic E-state index is 11.2. The fourth-order valence-electron chi connectivity index (χ4n) is 1.32. The molecule has 0 aliphatic carbocycles. The first-order chi connectivity index (χ1) is 7.16. The number of fused-ring (bicyclic) bond motifs is 1. The molecule has 1 aliphatic heterocycles. The molecule has 0 fully saturated rings. The van der Waals surface area contributed by atoms with Gasteiger partial charge in [0.25, 0.3) is 5.91 Å². The van der Waals surface area contributed by atoms with Gasteiger partial charge in [0, 0.05) is 0 Å². The Bertz CT molecular complexity index is 361. The van der Waals surface area contributed by atoms with E-state index in [4.69, 9.17) is 4.74 Å². The van der Waals surface area contributed by atoms with Crippen LogP contribution in [-0.2, 0) is 4.79 Å². The highest BCUT2D eigenvalue weighted by Gasteiger charge is 2.22. The second-order valence-corrected chi connectivity index (χ2v) is 3.25. The molecule has 0 bridgehead atoms. The quantitative estimate of drug-likeness (QED) is 0.710. The van der Waals surface area contributed by atoms with Gasteiger partial charge >= 0.3 is 0 Å². The summed E-state index contributed by atoms with van der Waals surface area (Å²) in [6.45, 7) is 7.71. The predicted molar refractivity (Wildman–Crippen MR) is 61.2 cm³/mol. The van der Waals surface area contributed by atoms with Gasteiger partial charge in [-0.2, -0.15) is 0 Å². The normalized spacial score (nSPS) is 17.9. The summed E-state index contributed by atoms with van der Waals surface area (Å²) >= 11 is 0. The Kier molecular flexibility index (Phi) is 3.72. The summed E-state index contributed by atoms with van der Waals surface area (Å²) < 4.78 is 5.39. The second kappa shape index (κ2) is 4.82. The molecule has 1 aromatic rings. The number of carbonyl (C=O) groups excluding carboxylic acids is 1. The molecule has 15 heavy (non-hydrogen) atoms. The summed E-state index contributed by atoms with van der Waals surface area (Å²) in [5.41, 5.74) is 1.88. The number of aryl methyl sites for hydroxylation is 1. The van der Waals surface area contributed by atoms with Crippen molar-refractivity contribution >= 4 is 11.6 Å². The van der Waals surface area contributed by atoms with Crippen LogP contribution in [0.15, 0.2) is 18.2 Å². The van der Waals surface area contributed by atoms with Crippen molar-refractivity contribution in [1.29, 1.82) is 0 Å². The molecule has 0 radical (unpaired) electrons. The zero-order valence-corrected chi connectivity index (χ0v) is 9.63. The lowest BCUT2D eigenvalue weighted by Gasteiger charge is -2.23. The number of carbonyl (C=O) groups is 1. The fourth-order valence-corrected chi connectivity index (χ4v) is 1.32.